The average Bonchev–Trinajstić information content (AvgIpc) is 3.08. The van der Waals surface area contributed by atoms with E-state index in [1.54, 1.807) is 20.3 Å². The van der Waals surface area contributed by atoms with Crippen LogP contribution in [0.25, 0.3) is 10.9 Å². The number of aromatic amines is 1. The van der Waals surface area contributed by atoms with Crippen LogP contribution in [0.2, 0.25) is 5.02 Å². The number of hydrogen-bond acceptors (Lipinski definition) is 3. The molecule has 0 aliphatic carbocycles. The summed E-state index contributed by atoms with van der Waals surface area (Å²) in [6, 6.07) is 9.28. The Balaban J connectivity index is 1.98. The number of rotatable bonds is 5. The highest BCUT2D eigenvalue weighted by Gasteiger charge is 2.33. The minimum Gasteiger partial charge on any atom is -0.497 e. The van der Waals surface area contributed by atoms with Gasteiger partial charge in [-0.3, -0.25) is 4.79 Å². The van der Waals surface area contributed by atoms with Crippen molar-refractivity contribution in [2.75, 3.05) is 19.5 Å². The number of amides is 1. The van der Waals surface area contributed by atoms with Crippen molar-refractivity contribution in [3.63, 3.8) is 0 Å². The molecule has 2 N–H and O–H groups in total. The number of methoxy groups -OCH3 is 2. The number of ether oxygens (including phenoxy) is 2. The largest absolute Gasteiger partial charge is 0.497 e. The van der Waals surface area contributed by atoms with Gasteiger partial charge in [-0.15, -0.1) is 0 Å². The van der Waals surface area contributed by atoms with Gasteiger partial charge in [-0.05, 0) is 56.2 Å². The van der Waals surface area contributed by atoms with E-state index >= 15 is 0 Å². The van der Waals surface area contributed by atoms with Gasteiger partial charge in [-0.1, -0.05) is 11.6 Å². The summed E-state index contributed by atoms with van der Waals surface area (Å²) in [4.78, 5) is 16.4. The SMILES string of the molecule is COc1ccc2[nH]cc(C(C)(C)C(=O)Nc3cc(C)c(Cl)cc3OC)c2c1. The maximum atomic E-state index is 13.2. The van der Waals surface area contributed by atoms with Crippen molar-refractivity contribution in [1.82, 2.24) is 4.98 Å². The van der Waals surface area contributed by atoms with E-state index in [0.29, 0.717) is 16.5 Å². The van der Waals surface area contributed by atoms with Gasteiger partial charge in [0.1, 0.15) is 11.5 Å². The van der Waals surface area contributed by atoms with E-state index in [0.717, 1.165) is 27.8 Å². The molecule has 0 spiro atoms. The summed E-state index contributed by atoms with van der Waals surface area (Å²) in [5, 5.41) is 4.53. The van der Waals surface area contributed by atoms with Gasteiger partial charge in [0.2, 0.25) is 5.91 Å². The molecule has 0 bridgehead atoms. The van der Waals surface area contributed by atoms with Gasteiger partial charge in [-0.25, -0.2) is 0 Å². The molecule has 0 fully saturated rings. The highest BCUT2D eigenvalue weighted by atomic mass is 35.5. The number of benzene rings is 2. The summed E-state index contributed by atoms with van der Waals surface area (Å²) in [5.74, 6) is 1.12. The number of carbonyl (C=O) groups is 1. The molecule has 1 heterocycles. The van der Waals surface area contributed by atoms with Gasteiger partial charge in [0.15, 0.2) is 0 Å². The van der Waals surface area contributed by atoms with Crippen LogP contribution in [-0.2, 0) is 10.2 Å². The van der Waals surface area contributed by atoms with Crippen LogP contribution in [-0.4, -0.2) is 25.1 Å². The number of anilines is 1. The first-order valence-electron chi connectivity index (χ1n) is 8.59. The summed E-state index contributed by atoms with van der Waals surface area (Å²) < 4.78 is 10.7. The second-order valence-electron chi connectivity index (χ2n) is 6.99. The maximum Gasteiger partial charge on any atom is 0.234 e. The number of hydrogen-bond donors (Lipinski definition) is 2. The number of aromatic nitrogens is 1. The van der Waals surface area contributed by atoms with E-state index in [1.165, 1.54) is 0 Å². The first kappa shape index (κ1) is 19.1. The Bertz CT molecular complexity index is 1010. The van der Waals surface area contributed by atoms with E-state index in [1.807, 2.05) is 51.2 Å². The maximum absolute atomic E-state index is 13.2. The van der Waals surface area contributed by atoms with Gasteiger partial charge >= 0.3 is 0 Å². The minimum absolute atomic E-state index is 0.147. The van der Waals surface area contributed by atoms with E-state index in [9.17, 15) is 4.79 Å². The zero-order chi connectivity index (χ0) is 19.8. The molecule has 0 atom stereocenters. The van der Waals surface area contributed by atoms with Crippen LogP contribution in [0, 0.1) is 6.92 Å². The smallest absolute Gasteiger partial charge is 0.234 e. The number of carbonyl (C=O) groups excluding carboxylic acids is 1. The molecule has 0 saturated carbocycles. The Morgan fingerprint density at radius 3 is 2.56 bits per heavy atom. The molecule has 142 valence electrons. The summed E-state index contributed by atoms with van der Waals surface area (Å²) in [6.07, 6.45) is 1.87. The molecule has 6 heteroatoms. The van der Waals surface area contributed by atoms with E-state index in [4.69, 9.17) is 21.1 Å². The Labute approximate surface area is 163 Å². The van der Waals surface area contributed by atoms with Crippen LogP contribution in [0.1, 0.15) is 25.0 Å². The summed E-state index contributed by atoms with van der Waals surface area (Å²) in [5.41, 5.74) is 2.51. The highest BCUT2D eigenvalue weighted by molar-refractivity contribution is 6.31. The normalized spacial score (nSPS) is 11.5. The quantitative estimate of drug-likeness (QED) is 0.644. The standard InChI is InChI=1S/C21H23ClN2O3/c1-12-8-18(19(27-5)10-16(12)22)24-20(25)21(2,3)15-11-23-17-7-6-13(26-4)9-14(15)17/h6-11,23H,1-5H3,(H,24,25). The Kier molecular flexibility index (Phi) is 5.07. The number of nitrogens with one attached hydrogen (secondary N) is 2. The Morgan fingerprint density at radius 2 is 1.89 bits per heavy atom. The van der Waals surface area contributed by atoms with Crippen LogP contribution in [0.5, 0.6) is 11.5 Å². The molecule has 0 aliphatic heterocycles. The predicted octanol–water partition coefficient (Wildman–Crippen LogP) is 5.06. The lowest BCUT2D eigenvalue weighted by molar-refractivity contribution is -0.120. The van der Waals surface area contributed by atoms with Crippen LogP contribution in [0.4, 0.5) is 5.69 Å². The molecular weight excluding hydrogens is 364 g/mol. The first-order valence-corrected chi connectivity index (χ1v) is 8.97. The van der Waals surface area contributed by atoms with E-state index in [2.05, 4.69) is 10.3 Å². The van der Waals surface area contributed by atoms with E-state index < -0.39 is 5.41 Å². The monoisotopic (exact) mass is 386 g/mol. The van der Waals surface area contributed by atoms with Crippen molar-refractivity contribution in [1.29, 1.82) is 0 Å². The number of H-pyrrole nitrogens is 1. The van der Waals surface area contributed by atoms with Crippen LogP contribution >= 0.6 is 11.6 Å². The van der Waals surface area contributed by atoms with Gasteiger partial charge in [0.25, 0.3) is 0 Å². The molecule has 0 aliphatic rings. The number of fused-ring (bicyclic) bond motifs is 1. The first-order chi connectivity index (χ1) is 12.8. The fourth-order valence-electron chi connectivity index (χ4n) is 3.07. The molecule has 2 aromatic carbocycles. The molecule has 5 nitrogen and oxygen atoms in total. The lowest BCUT2D eigenvalue weighted by Gasteiger charge is -2.24. The molecule has 0 saturated heterocycles. The third kappa shape index (κ3) is 3.47. The van der Waals surface area contributed by atoms with Crippen LogP contribution < -0.4 is 14.8 Å². The van der Waals surface area contributed by atoms with Crippen molar-refractivity contribution < 1.29 is 14.3 Å². The second kappa shape index (κ2) is 7.16. The van der Waals surface area contributed by atoms with Crippen molar-refractivity contribution >= 4 is 34.1 Å². The molecular formula is C21H23ClN2O3. The van der Waals surface area contributed by atoms with Gasteiger partial charge < -0.3 is 19.8 Å². The highest BCUT2D eigenvalue weighted by Crippen LogP contribution is 2.36. The Hall–Kier alpha value is -2.66. The lowest BCUT2D eigenvalue weighted by atomic mass is 9.83. The third-order valence-electron chi connectivity index (χ3n) is 4.86. The van der Waals surface area contributed by atoms with Gasteiger partial charge in [-0.2, -0.15) is 0 Å². The zero-order valence-corrected chi connectivity index (χ0v) is 16.8. The van der Waals surface area contributed by atoms with Crippen molar-refractivity contribution in [2.45, 2.75) is 26.2 Å². The summed E-state index contributed by atoms with van der Waals surface area (Å²) >= 11 is 6.16. The average molecular weight is 387 g/mol. The fraction of sp³-hybridized carbons (Fsp3) is 0.286. The Morgan fingerprint density at radius 1 is 1.15 bits per heavy atom. The van der Waals surface area contributed by atoms with Crippen molar-refractivity contribution in [2.24, 2.45) is 0 Å². The molecule has 0 unspecified atom stereocenters. The number of halogens is 1. The van der Waals surface area contributed by atoms with Gasteiger partial charge in [0, 0.05) is 28.2 Å². The fourth-order valence-corrected chi connectivity index (χ4v) is 3.23. The van der Waals surface area contributed by atoms with Crippen molar-refractivity contribution in [3.05, 3.63) is 52.7 Å². The zero-order valence-electron chi connectivity index (χ0n) is 16.1. The minimum atomic E-state index is -0.789. The molecule has 3 rings (SSSR count). The molecule has 27 heavy (non-hydrogen) atoms. The lowest BCUT2D eigenvalue weighted by Crippen LogP contribution is -2.34. The molecule has 3 aromatic rings. The van der Waals surface area contributed by atoms with Gasteiger partial charge in [0.05, 0.1) is 25.3 Å². The third-order valence-corrected chi connectivity index (χ3v) is 5.27. The van der Waals surface area contributed by atoms with Crippen LogP contribution in [0.15, 0.2) is 36.5 Å². The topological polar surface area (TPSA) is 63.4 Å². The predicted molar refractivity (Wildman–Crippen MR) is 109 cm³/mol. The van der Waals surface area contributed by atoms with E-state index in [-0.39, 0.29) is 5.91 Å². The van der Waals surface area contributed by atoms with Crippen LogP contribution in [0.3, 0.4) is 0 Å². The number of aryl methyl sites for hydroxylation is 1. The molecule has 1 amide bonds. The molecule has 0 radical (unpaired) electrons. The molecule has 1 aromatic heterocycles. The summed E-state index contributed by atoms with van der Waals surface area (Å²) in [6.45, 7) is 5.66. The summed E-state index contributed by atoms with van der Waals surface area (Å²) in [7, 11) is 3.17. The second-order valence-corrected chi connectivity index (χ2v) is 7.40. The van der Waals surface area contributed by atoms with Crippen molar-refractivity contribution in [3.8, 4) is 11.5 Å².